The summed E-state index contributed by atoms with van der Waals surface area (Å²) in [6.07, 6.45) is 4.01. The highest BCUT2D eigenvalue weighted by Crippen LogP contribution is 2.24. The lowest BCUT2D eigenvalue weighted by Gasteiger charge is -2.44. The Morgan fingerprint density at radius 3 is 2.26 bits per heavy atom. The van der Waals surface area contributed by atoms with Gasteiger partial charge in [0.1, 0.15) is 17.8 Å². The van der Waals surface area contributed by atoms with E-state index < -0.39 is 54.0 Å². The number of nitrogens with one attached hydrogen (secondary N) is 4. The molecule has 15 nitrogen and oxygen atoms in total. The SMILES string of the molecule is C[C@@H]1C(=O)N[C@@H](CCCN=C(N)N)C(=O)N[C@@H](Cc2ccc3ccccc3c2)C(=O)NCC(=O)N[C@](C=O)(Cc2ccc(O)cc2)N1CCCCCCN. The number of aromatic hydroxyl groups is 1. The van der Waals surface area contributed by atoms with Gasteiger partial charge in [0, 0.05) is 25.9 Å². The van der Waals surface area contributed by atoms with Crippen molar-refractivity contribution in [2.24, 2.45) is 22.2 Å². The number of nitrogens with zero attached hydrogens (tertiary/aromatic N) is 2. The third-order valence-corrected chi connectivity index (χ3v) is 9.56. The summed E-state index contributed by atoms with van der Waals surface area (Å²) in [5, 5.41) is 23.0. The predicted molar refractivity (Wildman–Crippen MR) is 207 cm³/mol. The van der Waals surface area contributed by atoms with E-state index in [4.69, 9.17) is 17.2 Å². The Bertz CT molecular complexity index is 1780. The molecule has 3 aromatic carbocycles. The second-order valence-corrected chi connectivity index (χ2v) is 13.7. The van der Waals surface area contributed by atoms with Crippen LogP contribution in [0.2, 0.25) is 0 Å². The third-order valence-electron chi connectivity index (χ3n) is 9.56. The van der Waals surface area contributed by atoms with Gasteiger partial charge >= 0.3 is 0 Å². The number of aldehydes is 1. The van der Waals surface area contributed by atoms with Crippen molar-refractivity contribution in [3.05, 3.63) is 77.9 Å². The summed E-state index contributed by atoms with van der Waals surface area (Å²) in [5.74, 6) is -2.59. The van der Waals surface area contributed by atoms with Crippen LogP contribution in [0.15, 0.2) is 71.7 Å². The van der Waals surface area contributed by atoms with E-state index in [0.29, 0.717) is 31.2 Å². The first-order valence-electron chi connectivity index (χ1n) is 18.4. The van der Waals surface area contributed by atoms with Crippen LogP contribution >= 0.6 is 0 Å². The number of rotatable bonds is 15. The first kappa shape index (κ1) is 41.2. The number of hydrogen-bond acceptors (Lipinski definition) is 9. The van der Waals surface area contributed by atoms with Crippen molar-refractivity contribution in [3.8, 4) is 5.75 Å². The summed E-state index contributed by atoms with van der Waals surface area (Å²) in [6.45, 7) is 2.04. The minimum atomic E-state index is -1.76. The molecule has 11 N–H and O–H groups in total. The minimum Gasteiger partial charge on any atom is -0.508 e. The summed E-state index contributed by atoms with van der Waals surface area (Å²) in [6, 6.07) is 16.4. The van der Waals surface area contributed by atoms with Crippen molar-refractivity contribution >= 4 is 46.6 Å². The van der Waals surface area contributed by atoms with Gasteiger partial charge in [-0.15, -0.1) is 0 Å². The van der Waals surface area contributed by atoms with Crippen LogP contribution in [-0.4, -0.2) is 95.8 Å². The van der Waals surface area contributed by atoms with Crippen LogP contribution in [0.5, 0.6) is 5.75 Å². The maximum atomic E-state index is 14.2. The molecule has 0 aliphatic carbocycles. The molecular formula is C39H53N9O6. The van der Waals surface area contributed by atoms with Crippen molar-refractivity contribution in [2.45, 2.75) is 82.1 Å². The number of phenolic OH excluding ortho intramolecular Hbond substituents is 1. The number of hydrogen-bond donors (Lipinski definition) is 8. The Labute approximate surface area is 315 Å². The van der Waals surface area contributed by atoms with Gasteiger partial charge in [0.15, 0.2) is 17.9 Å². The number of phenols is 1. The van der Waals surface area contributed by atoms with Crippen LogP contribution in [0, 0.1) is 0 Å². The Morgan fingerprint density at radius 1 is 0.870 bits per heavy atom. The summed E-state index contributed by atoms with van der Waals surface area (Å²) in [5.41, 5.74) is 16.3. The molecule has 1 aliphatic rings. The molecule has 1 fully saturated rings. The fraction of sp³-hybridized carbons (Fsp3) is 0.436. The number of carbonyl (C=O) groups is 5. The molecule has 4 amide bonds. The van der Waals surface area contributed by atoms with E-state index in [9.17, 15) is 29.1 Å². The molecule has 0 saturated carbocycles. The van der Waals surface area contributed by atoms with Crippen molar-refractivity contribution in [1.82, 2.24) is 26.2 Å². The number of aliphatic imine (C=N–C) groups is 1. The van der Waals surface area contributed by atoms with Crippen LogP contribution in [-0.2, 0) is 36.8 Å². The quantitative estimate of drug-likeness (QED) is 0.0469. The molecule has 15 heteroatoms. The molecule has 290 valence electrons. The molecule has 3 aromatic rings. The van der Waals surface area contributed by atoms with Crippen LogP contribution in [0.4, 0.5) is 0 Å². The fourth-order valence-corrected chi connectivity index (χ4v) is 6.67. The highest BCUT2D eigenvalue weighted by Gasteiger charge is 2.43. The highest BCUT2D eigenvalue weighted by molar-refractivity contribution is 5.95. The Morgan fingerprint density at radius 2 is 1.56 bits per heavy atom. The molecule has 4 rings (SSSR count). The fourth-order valence-electron chi connectivity index (χ4n) is 6.67. The van der Waals surface area contributed by atoms with Crippen LogP contribution in [0.1, 0.15) is 56.6 Å². The first-order chi connectivity index (χ1) is 25.9. The summed E-state index contributed by atoms with van der Waals surface area (Å²) < 4.78 is 0. The number of carbonyl (C=O) groups excluding carboxylic acids is 5. The number of benzene rings is 3. The van der Waals surface area contributed by atoms with E-state index in [1.807, 2.05) is 42.5 Å². The summed E-state index contributed by atoms with van der Waals surface area (Å²) in [4.78, 5) is 74.7. The van der Waals surface area contributed by atoms with Gasteiger partial charge in [-0.1, -0.05) is 67.4 Å². The summed E-state index contributed by atoms with van der Waals surface area (Å²) in [7, 11) is 0. The zero-order chi connectivity index (χ0) is 39.1. The maximum absolute atomic E-state index is 14.2. The number of nitrogens with two attached hydrogens (primary N) is 3. The second-order valence-electron chi connectivity index (χ2n) is 13.7. The van der Waals surface area contributed by atoms with Gasteiger partial charge in [-0.3, -0.25) is 33.9 Å². The van der Waals surface area contributed by atoms with Gasteiger partial charge in [-0.05, 0) is 73.2 Å². The molecular weight excluding hydrogens is 690 g/mol. The number of amides is 4. The number of unbranched alkanes of at least 4 members (excludes halogenated alkanes) is 3. The molecule has 0 bridgehead atoms. The second kappa shape index (κ2) is 20.1. The van der Waals surface area contributed by atoms with Crippen molar-refractivity contribution in [3.63, 3.8) is 0 Å². The summed E-state index contributed by atoms with van der Waals surface area (Å²) >= 11 is 0. The molecule has 54 heavy (non-hydrogen) atoms. The largest absolute Gasteiger partial charge is 0.508 e. The van der Waals surface area contributed by atoms with Gasteiger partial charge in [-0.25, -0.2) is 0 Å². The van der Waals surface area contributed by atoms with Crippen LogP contribution < -0.4 is 38.5 Å². The van der Waals surface area contributed by atoms with Gasteiger partial charge in [0.05, 0.1) is 12.6 Å². The normalized spacial score (nSPS) is 21.6. The van der Waals surface area contributed by atoms with Crippen molar-refractivity contribution in [1.29, 1.82) is 0 Å². The van der Waals surface area contributed by atoms with E-state index >= 15 is 0 Å². The Hall–Kier alpha value is -5.54. The average molecular weight is 744 g/mol. The van der Waals surface area contributed by atoms with Gasteiger partial charge in [0.25, 0.3) is 0 Å². The number of fused-ring (bicyclic) bond motifs is 1. The molecule has 1 saturated heterocycles. The predicted octanol–water partition coefficient (Wildman–Crippen LogP) is 0.705. The molecule has 1 aliphatic heterocycles. The van der Waals surface area contributed by atoms with Crippen molar-refractivity contribution < 1.29 is 29.1 Å². The Balaban J connectivity index is 1.73. The molecule has 0 unspecified atom stereocenters. The molecule has 0 aromatic heterocycles. The van der Waals surface area contributed by atoms with E-state index in [-0.39, 0.29) is 44.1 Å². The smallest absolute Gasteiger partial charge is 0.243 e. The maximum Gasteiger partial charge on any atom is 0.243 e. The third kappa shape index (κ3) is 11.7. The van der Waals surface area contributed by atoms with Gasteiger partial charge < -0.3 is 43.6 Å². The van der Waals surface area contributed by atoms with Crippen molar-refractivity contribution in [2.75, 3.05) is 26.2 Å². The zero-order valence-electron chi connectivity index (χ0n) is 30.8. The Kier molecular flexibility index (Phi) is 15.3. The van der Waals surface area contributed by atoms with E-state index in [1.54, 1.807) is 24.0 Å². The first-order valence-corrected chi connectivity index (χ1v) is 18.4. The van der Waals surface area contributed by atoms with E-state index in [1.165, 1.54) is 12.1 Å². The molecule has 0 radical (unpaired) electrons. The molecule has 4 atom stereocenters. The lowest BCUT2D eigenvalue weighted by molar-refractivity contribution is -0.142. The average Bonchev–Trinajstić information content (AvgIpc) is 3.16. The lowest BCUT2D eigenvalue weighted by atomic mass is 9.95. The molecule has 1 heterocycles. The van der Waals surface area contributed by atoms with Gasteiger partial charge in [0.2, 0.25) is 23.6 Å². The minimum absolute atomic E-state index is 0.0172. The topological polar surface area (TPSA) is 247 Å². The highest BCUT2D eigenvalue weighted by atomic mass is 16.3. The monoisotopic (exact) mass is 743 g/mol. The van der Waals surface area contributed by atoms with Crippen LogP contribution in [0.25, 0.3) is 10.8 Å². The van der Waals surface area contributed by atoms with E-state index in [0.717, 1.165) is 35.6 Å². The lowest BCUT2D eigenvalue weighted by Crippen LogP contribution is -2.69. The molecule has 0 spiro atoms. The van der Waals surface area contributed by atoms with Gasteiger partial charge in [-0.2, -0.15) is 0 Å². The number of guanidine groups is 1. The van der Waals surface area contributed by atoms with E-state index in [2.05, 4.69) is 26.3 Å². The zero-order valence-corrected chi connectivity index (χ0v) is 30.8. The standard InChI is InChI=1S/C39H53N9O6/c1-26-35(52)45-32(11-8-19-43-38(41)42)37(54)46-33(22-28-12-15-29-9-4-5-10-30(29)21-28)36(53)44-24-34(51)47-39(25-49,23-27-13-16-31(50)17-14-27)48(26)20-7-3-2-6-18-40/h4-5,9-10,12-17,21,25-26,32-33,50H,2-3,6-8,11,18-20,22-24,40H2,1H3,(H,44,53)(H,45,52)(H,46,54)(H,47,51)(H4,41,42,43)/t26-,32+,33+,39-/m1/s1. The van der Waals surface area contributed by atoms with Crippen LogP contribution in [0.3, 0.4) is 0 Å².